The van der Waals surface area contributed by atoms with E-state index in [1.807, 2.05) is 72.8 Å². The maximum absolute atomic E-state index is 14.3. The maximum Gasteiger partial charge on any atom is 0.335 e. The van der Waals surface area contributed by atoms with Gasteiger partial charge in [0.15, 0.2) is 0 Å². The Hall–Kier alpha value is -6.18. The van der Waals surface area contributed by atoms with Crippen molar-refractivity contribution < 1.29 is 19.1 Å². The topological polar surface area (TPSA) is 79.0 Å². The first-order chi connectivity index (χ1) is 26.4. The SMILES string of the molecule is O=C1NC(=O)N(c2cc3c4c(c2)[C@H](c2ccccc2)CCN4CC[C@@H]3c2ccccc2)C(=O)/C1=C/c1ccc(OCc2cccc3ccccc23)c(Cl)c1. The molecule has 0 saturated carbocycles. The van der Waals surface area contributed by atoms with E-state index in [-0.39, 0.29) is 17.4 Å². The smallest absolute Gasteiger partial charge is 0.335 e. The zero-order chi connectivity index (χ0) is 36.8. The van der Waals surface area contributed by atoms with Crippen molar-refractivity contribution in [3.05, 3.63) is 177 Å². The van der Waals surface area contributed by atoms with E-state index in [0.717, 1.165) is 58.3 Å². The lowest BCUT2D eigenvalue weighted by Gasteiger charge is -2.44. The van der Waals surface area contributed by atoms with Gasteiger partial charge in [0, 0.05) is 30.6 Å². The standard InChI is InChI=1S/C46H36ClN3O4/c47-41-25-29(18-19-42(41)54-28-33-16-9-15-30-14-7-8-17-35(30)33)24-40-44(51)48-46(53)50(45(40)52)34-26-38-36(31-10-3-1-4-11-31)20-22-49-23-21-37(39(27-34)43(38)49)32-12-5-2-6-13-32/h1-19,24-27,36-37H,20-23,28H2,(H,48,51,53)/b40-24+/t36-,37+. The van der Waals surface area contributed by atoms with Crippen LogP contribution in [0.15, 0.2) is 139 Å². The molecule has 1 fully saturated rings. The van der Waals surface area contributed by atoms with Crippen LogP contribution >= 0.6 is 11.6 Å². The van der Waals surface area contributed by atoms with E-state index in [1.165, 1.54) is 22.9 Å². The highest BCUT2D eigenvalue weighted by atomic mass is 35.5. The summed E-state index contributed by atoms with van der Waals surface area (Å²) in [6, 6.07) is 43.2. The molecule has 1 saturated heterocycles. The largest absolute Gasteiger partial charge is 0.487 e. The first-order valence-electron chi connectivity index (χ1n) is 18.3. The monoisotopic (exact) mass is 729 g/mol. The van der Waals surface area contributed by atoms with Crippen LogP contribution in [0.2, 0.25) is 5.02 Å². The molecule has 3 aliphatic rings. The fourth-order valence-corrected chi connectivity index (χ4v) is 8.57. The minimum atomic E-state index is -0.777. The van der Waals surface area contributed by atoms with Crippen LogP contribution in [0.3, 0.4) is 0 Å². The molecule has 266 valence electrons. The number of urea groups is 1. The lowest BCUT2D eigenvalue weighted by molar-refractivity contribution is -0.122. The number of hydrogen-bond acceptors (Lipinski definition) is 5. The quantitative estimate of drug-likeness (QED) is 0.131. The Bertz CT molecular complexity index is 2400. The van der Waals surface area contributed by atoms with Crippen molar-refractivity contribution in [1.82, 2.24) is 5.32 Å². The summed E-state index contributed by atoms with van der Waals surface area (Å²) in [5, 5.41) is 4.98. The van der Waals surface area contributed by atoms with Crippen molar-refractivity contribution in [2.75, 3.05) is 22.9 Å². The number of carbonyl (C=O) groups excluding carboxylic acids is 3. The zero-order valence-electron chi connectivity index (χ0n) is 29.4. The molecule has 0 radical (unpaired) electrons. The average Bonchev–Trinajstić information content (AvgIpc) is 3.20. The second-order valence-electron chi connectivity index (χ2n) is 14.0. The van der Waals surface area contributed by atoms with Crippen LogP contribution in [-0.2, 0) is 16.2 Å². The summed E-state index contributed by atoms with van der Waals surface area (Å²) < 4.78 is 6.11. The highest BCUT2D eigenvalue weighted by Crippen LogP contribution is 2.50. The fourth-order valence-electron chi connectivity index (χ4n) is 8.33. The van der Waals surface area contributed by atoms with Crippen molar-refractivity contribution >= 4 is 57.7 Å². The molecule has 0 spiro atoms. The Morgan fingerprint density at radius 3 is 2.02 bits per heavy atom. The summed E-state index contributed by atoms with van der Waals surface area (Å²) in [4.78, 5) is 44.8. The van der Waals surface area contributed by atoms with Gasteiger partial charge in [0.05, 0.1) is 10.7 Å². The van der Waals surface area contributed by atoms with Crippen molar-refractivity contribution in [3.63, 3.8) is 0 Å². The van der Waals surface area contributed by atoms with Crippen LogP contribution in [-0.4, -0.2) is 30.9 Å². The predicted molar refractivity (Wildman–Crippen MR) is 213 cm³/mol. The fraction of sp³-hybridized carbons (Fsp3) is 0.152. The number of amides is 4. The molecular formula is C46H36ClN3O4. The van der Waals surface area contributed by atoms with E-state index in [4.69, 9.17) is 16.3 Å². The van der Waals surface area contributed by atoms with Crippen molar-refractivity contribution in [2.45, 2.75) is 31.3 Å². The van der Waals surface area contributed by atoms with Gasteiger partial charge in [-0.15, -0.1) is 0 Å². The molecule has 54 heavy (non-hydrogen) atoms. The molecule has 7 nitrogen and oxygen atoms in total. The highest BCUT2D eigenvalue weighted by molar-refractivity contribution is 6.39. The summed E-state index contributed by atoms with van der Waals surface area (Å²) >= 11 is 6.69. The van der Waals surface area contributed by atoms with Gasteiger partial charge in [-0.3, -0.25) is 14.9 Å². The van der Waals surface area contributed by atoms with Crippen LogP contribution in [0.4, 0.5) is 16.2 Å². The van der Waals surface area contributed by atoms with E-state index >= 15 is 0 Å². The van der Waals surface area contributed by atoms with Gasteiger partial charge in [-0.05, 0) is 87.3 Å². The first-order valence-corrected chi connectivity index (χ1v) is 18.6. The van der Waals surface area contributed by atoms with Gasteiger partial charge in [-0.25, -0.2) is 9.69 Å². The molecule has 4 amide bonds. The van der Waals surface area contributed by atoms with Crippen molar-refractivity contribution in [3.8, 4) is 5.75 Å². The maximum atomic E-state index is 14.3. The molecule has 0 bridgehead atoms. The Morgan fingerprint density at radius 2 is 1.35 bits per heavy atom. The zero-order valence-corrected chi connectivity index (χ0v) is 30.1. The Kier molecular flexibility index (Phi) is 8.72. The number of ether oxygens (including phenoxy) is 1. The molecular weight excluding hydrogens is 694 g/mol. The van der Waals surface area contributed by atoms with E-state index in [2.05, 4.69) is 52.7 Å². The Labute approximate surface area is 318 Å². The Morgan fingerprint density at radius 1 is 0.722 bits per heavy atom. The molecule has 0 unspecified atom stereocenters. The third kappa shape index (κ3) is 6.10. The third-order valence-electron chi connectivity index (χ3n) is 10.9. The number of anilines is 2. The lowest BCUT2D eigenvalue weighted by atomic mass is 9.76. The van der Waals surface area contributed by atoms with E-state index in [9.17, 15) is 14.4 Å². The van der Waals surface area contributed by atoms with E-state index in [1.54, 1.807) is 18.2 Å². The van der Waals surface area contributed by atoms with Gasteiger partial charge >= 0.3 is 6.03 Å². The van der Waals surface area contributed by atoms with Crippen LogP contribution in [0.1, 0.15) is 58.1 Å². The third-order valence-corrected chi connectivity index (χ3v) is 11.2. The number of rotatable bonds is 7. The molecule has 3 heterocycles. The van der Waals surface area contributed by atoms with Gasteiger partial charge in [-0.2, -0.15) is 0 Å². The van der Waals surface area contributed by atoms with Gasteiger partial charge in [0.25, 0.3) is 11.8 Å². The number of halogens is 1. The number of imide groups is 2. The van der Waals surface area contributed by atoms with Gasteiger partial charge in [-0.1, -0.05) is 121 Å². The van der Waals surface area contributed by atoms with Gasteiger partial charge < -0.3 is 9.64 Å². The normalized spacial score (nSPS) is 18.8. The second-order valence-corrected chi connectivity index (χ2v) is 14.4. The van der Waals surface area contributed by atoms with Crippen LogP contribution in [0, 0.1) is 0 Å². The molecule has 0 aromatic heterocycles. The van der Waals surface area contributed by atoms with Crippen molar-refractivity contribution in [1.29, 1.82) is 0 Å². The minimum absolute atomic E-state index is 0.0776. The summed E-state index contributed by atoms with van der Waals surface area (Å²) in [5.74, 6) is -0.828. The number of benzene rings is 6. The lowest BCUT2D eigenvalue weighted by Crippen LogP contribution is -2.54. The number of barbiturate groups is 1. The molecule has 6 aromatic rings. The predicted octanol–water partition coefficient (Wildman–Crippen LogP) is 9.62. The number of nitrogens with one attached hydrogen (secondary N) is 1. The van der Waals surface area contributed by atoms with Gasteiger partial charge in [0.2, 0.25) is 0 Å². The molecule has 2 atom stereocenters. The number of nitrogens with zero attached hydrogens (tertiary/aromatic N) is 2. The summed E-state index contributed by atoms with van der Waals surface area (Å²) in [6.07, 6.45) is 3.28. The minimum Gasteiger partial charge on any atom is -0.487 e. The number of hydrogen-bond donors (Lipinski definition) is 1. The molecule has 3 aliphatic heterocycles. The highest BCUT2D eigenvalue weighted by Gasteiger charge is 2.40. The van der Waals surface area contributed by atoms with Gasteiger partial charge in [0.1, 0.15) is 17.9 Å². The van der Waals surface area contributed by atoms with Crippen LogP contribution in [0.25, 0.3) is 16.8 Å². The molecule has 1 N–H and O–H groups in total. The van der Waals surface area contributed by atoms with Crippen molar-refractivity contribution in [2.24, 2.45) is 0 Å². The molecule has 8 heteroatoms. The number of carbonyl (C=O) groups is 3. The molecule has 6 aromatic carbocycles. The van der Waals surface area contributed by atoms with E-state index in [0.29, 0.717) is 28.6 Å². The summed E-state index contributed by atoms with van der Waals surface area (Å²) in [7, 11) is 0. The summed E-state index contributed by atoms with van der Waals surface area (Å²) in [6.45, 7) is 2.15. The van der Waals surface area contributed by atoms with Crippen LogP contribution in [0.5, 0.6) is 5.75 Å². The molecule has 0 aliphatic carbocycles. The Balaban J connectivity index is 1.06. The van der Waals surface area contributed by atoms with E-state index < -0.39 is 17.8 Å². The molecule has 9 rings (SSSR count). The average molecular weight is 730 g/mol. The first kappa shape index (κ1) is 33.6. The van der Waals surface area contributed by atoms with Crippen LogP contribution < -0.4 is 19.9 Å². The second kappa shape index (κ2) is 14.0. The number of fused-ring (bicyclic) bond motifs is 1. The summed E-state index contributed by atoms with van der Waals surface area (Å²) in [5.41, 5.74) is 7.52.